The van der Waals surface area contributed by atoms with Crippen molar-refractivity contribution in [3.8, 4) is 0 Å². The third-order valence-corrected chi connectivity index (χ3v) is 7.19. The SMILES string of the molecule is Cc1ccc(N2C(=O)c3cc(C(C)(C)C)nn3C[C@]2(C)C(=O)NC2CCCCCC2)c(C)c1. The summed E-state index contributed by atoms with van der Waals surface area (Å²) in [6.45, 7) is 12.5. The Labute approximate surface area is 197 Å². The van der Waals surface area contributed by atoms with Crippen LogP contribution in [0.4, 0.5) is 5.69 Å². The Bertz CT molecular complexity index is 1060. The maximum Gasteiger partial charge on any atom is 0.277 e. The predicted octanol–water partition coefficient (Wildman–Crippen LogP) is 5.06. The number of hydrogen-bond donors (Lipinski definition) is 1. The number of amides is 2. The van der Waals surface area contributed by atoms with Crippen LogP contribution in [-0.2, 0) is 16.8 Å². The molecule has 0 radical (unpaired) electrons. The quantitative estimate of drug-likeness (QED) is 0.665. The van der Waals surface area contributed by atoms with E-state index in [9.17, 15) is 9.59 Å². The van der Waals surface area contributed by atoms with E-state index in [0.29, 0.717) is 12.2 Å². The molecule has 1 aliphatic heterocycles. The lowest BCUT2D eigenvalue weighted by atomic mass is 9.90. The van der Waals surface area contributed by atoms with Crippen LogP contribution in [0.15, 0.2) is 24.3 Å². The maximum atomic E-state index is 13.9. The summed E-state index contributed by atoms with van der Waals surface area (Å²) in [5, 5.41) is 8.08. The Kier molecular flexibility index (Phi) is 6.14. The minimum absolute atomic E-state index is 0.0961. The van der Waals surface area contributed by atoms with Crippen LogP contribution in [0.5, 0.6) is 0 Å². The highest BCUT2D eigenvalue weighted by Crippen LogP contribution is 2.36. The zero-order chi connectivity index (χ0) is 24.0. The summed E-state index contributed by atoms with van der Waals surface area (Å²) < 4.78 is 1.75. The number of carbonyl (C=O) groups excluding carboxylic acids is 2. The second-order valence-corrected chi connectivity index (χ2v) is 11.2. The second kappa shape index (κ2) is 8.62. The number of rotatable bonds is 3. The standard InChI is InChI=1S/C27H38N4O2/c1-18-13-14-21(19(2)15-18)31-24(32)22-16-23(26(3,4)5)29-30(22)17-27(31,6)25(33)28-20-11-9-7-8-10-12-20/h13-16,20H,7-12,17H2,1-6H3,(H,28,33)/t27-/m1/s1. The minimum Gasteiger partial charge on any atom is -0.351 e. The van der Waals surface area contributed by atoms with Gasteiger partial charge in [-0.25, -0.2) is 0 Å². The van der Waals surface area contributed by atoms with E-state index in [1.165, 1.54) is 12.8 Å². The summed E-state index contributed by atoms with van der Waals surface area (Å²) in [6, 6.07) is 8.10. The van der Waals surface area contributed by atoms with Gasteiger partial charge in [0, 0.05) is 17.1 Å². The Morgan fingerprint density at radius 1 is 1.09 bits per heavy atom. The average Bonchev–Trinajstić information content (AvgIpc) is 3.00. The van der Waals surface area contributed by atoms with Gasteiger partial charge in [0.2, 0.25) is 5.91 Å². The van der Waals surface area contributed by atoms with Gasteiger partial charge in [0.1, 0.15) is 11.2 Å². The van der Waals surface area contributed by atoms with Crippen LogP contribution >= 0.6 is 0 Å². The average molecular weight is 451 g/mol. The molecule has 1 aromatic heterocycles. The number of aromatic nitrogens is 2. The van der Waals surface area contributed by atoms with E-state index in [1.54, 1.807) is 9.58 Å². The molecule has 4 rings (SSSR count). The van der Waals surface area contributed by atoms with E-state index in [0.717, 1.165) is 48.2 Å². The third kappa shape index (κ3) is 4.44. The number of nitrogens with one attached hydrogen (secondary N) is 1. The van der Waals surface area contributed by atoms with Gasteiger partial charge in [-0.1, -0.05) is 64.2 Å². The van der Waals surface area contributed by atoms with Gasteiger partial charge in [-0.15, -0.1) is 0 Å². The summed E-state index contributed by atoms with van der Waals surface area (Å²) in [7, 11) is 0. The molecular formula is C27H38N4O2. The van der Waals surface area contributed by atoms with E-state index in [-0.39, 0.29) is 23.3 Å². The zero-order valence-electron chi connectivity index (χ0n) is 21.0. The van der Waals surface area contributed by atoms with Gasteiger partial charge in [-0.05, 0) is 51.3 Å². The molecule has 178 valence electrons. The summed E-state index contributed by atoms with van der Waals surface area (Å²) in [5.41, 5.74) is 3.05. The molecule has 2 aromatic rings. The molecule has 1 N–H and O–H groups in total. The van der Waals surface area contributed by atoms with Gasteiger partial charge in [0.25, 0.3) is 5.91 Å². The molecule has 0 bridgehead atoms. The van der Waals surface area contributed by atoms with E-state index < -0.39 is 5.54 Å². The fourth-order valence-electron chi connectivity index (χ4n) is 5.15. The van der Waals surface area contributed by atoms with Crippen LogP contribution in [0.25, 0.3) is 0 Å². The fourth-order valence-corrected chi connectivity index (χ4v) is 5.15. The molecule has 1 saturated carbocycles. The van der Waals surface area contributed by atoms with E-state index in [2.05, 4.69) is 32.2 Å². The Morgan fingerprint density at radius 2 is 1.76 bits per heavy atom. The van der Waals surface area contributed by atoms with Crippen molar-refractivity contribution < 1.29 is 9.59 Å². The largest absolute Gasteiger partial charge is 0.351 e. The minimum atomic E-state index is -1.07. The van der Waals surface area contributed by atoms with Crippen LogP contribution in [0, 0.1) is 13.8 Å². The highest BCUT2D eigenvalue weighted by atomic mass is 16.2. The monoisotopic (exact) mass is 450 g/mol. The first kappa shape index (κ1) is 23.5. The summed E-state index contributed by atoms with van der Waals surface area (Å²) in [4.78, 5) is 29.5. The van der Waals surface area contributed by atoms with Gasteiger partial charge >= 0.3 is 0 Å². The molecule has 33 heavy (non-hydrogen) atoms. The molecule has 1 aromatic carbocycles. The third-order valence-electron chi connectivity index (χ3n) is 7.19. The lowest BCUT2D eigenvalue weighted by Gasteiger charge is -2.44. The normalized spacial score (nSPS) is 22.1. The first-order valence-electron chi connectivity index (χ1n) is 12.3. The van der Waals surface area contributed by atoms with Crippen LogP contribution in [-0.4, -0.2) is 33.2 Å². The Hall–Kier alpha value is -2.63. The Morgan fingerprint density at radius 3 is 2.36 bits per heavy atom. The topological polar surface area (TPSA) is 67.2 Å². The lowest BCUT2D eigenvalue weighted by molar-refractivity contribution is -0.127. The molecule has 1 fully saturated rings. The number of benzene rings is 1. The molecule has 2 amide bonds. The molecular weight excluding hydrogens is 412 g/mol. The van der Waals surface area contributed by atoms with E-state index >= 15 is 0 Å². The number of fused-ring (bicyclic) bond motifs is 1. The molecule has 2 heterocycles. The van der Waals surface area contributed by atoms with Gasteiger partial charge < -0.3 is 5.32 Å². The van der Waals surface area contributed by atoms with Crippen molar-refractivity contribution in [3.63, 3.8) is 0 Å². The fraction of sp³-hybridized carbons (Fsp3) is 0.593. The van der Waals surface area contributed by atoms with Crippen LogP contribution in [0.2, 0.25) is 0 Å². The van der Waals surface area contributed by atoms with Gasteiger partial charge in [0.05, 0.1) is 12.2 Å². The first-order chi connectivity index (χ1) is 15.5. The molecule has 0 saturated heterocycles. The molecule has 0 unspecified atom stereocenters. The number of nitrogens with zero attached hydrogens (tertiary/aromatic N) is 3. The molecule has 1 aliphatic carbocycles. The molecule has 0 spiro atoms. The van der Waals surface area contributed by atoms with Gasteiger partial charge in [0.15, 0.2) is 0 Å². The predicted molar refractivity (Wildman–Crippen MR) is 132 cm³/mol. The van der Waals surface area contributed by atoms with Crippen LogP contribution in [0.1, 0.15) is 93.5 Å². The van der Waals surface area contributed by atoms with Crippen molar-refractivity contribution in [2.45, 2.75) is 104 Å². The van der Waals surface area contributed by atoms with Crippen LogP contribution < -0.4 is 10.2 Å². The summed E-state index contributed by atoms with van der Waals surface area (Å²) >= 11 is 0. The summed E-state index contributed by atoms with van der Waals surface area (Å²) in [5.74, 6) is -0.268. The first-order valence-corrected chi connectivity index (χ1v) is 12.3. The second-order valence-electron chi connectivity index (χ2n) is 11.2. The molecule has 2 aliphatic rings. The number of carbonyl (C=O) groups is 2. The van der Waals surface area contributed by atoms with E-state index in [4.69, 9.17) is 5.10 Å². The number of aryl methyl sites for hydroxylation is 2. The molecule has 6 nitrogen and oxygen atoms in total. The molecule has 1 atom stereocenters. The van der Waals surface area contributed by atoms with Crippen molar-refractivity contribution in [2.24, 2.45) is 0 Å². The van der Waals surface area contributed by atoms with Crippen molar-refractivity contribution in [1.29, 1.82) is 0 Å². The number of anilines is 1. The zero-order valence-corrected chi connectivity index (χ0v) is 21.0. The Balaban J connectivity index is 1.78. The maximum absolute atomic E-state index is 13.9. The van der Waals surface area contributed by atoms with Crippen LogP contribution in [0.3, 0.4) is 0 Å². The lowest BCUT2D eigenvalue weighted by Crippen LogP contribution is -2.65. The van der Waals surface area contributed by atoms with E-state index in [1.807, 2.05) is 39.0 Å². The van der Waals surface area contributed by atoms with Crippen molar-refractivity contribution in [2.75, 3.05) is 4.90 Å². The molecule has 6 heteroatoms. The van der Waals surface area contributed by atoms with Crippen molar-refractivity contribution in [1.82, 2.24) is 15.1 Å². The highest BCUT2D eigenvalue weighted by Gasteiger charge is 2.50. The van der Waals surface area contributed by atoms with Crippen molar-refractivity contribution in [3.05, 3.63) is 46.8 Å². The highest BCUT2D eigenvalue weighted by molar-refractivity contribution is 6.12. The smallest absolute Gasteiger partial charge is 0.277 e. The summed E-state index contributed by atoms with van der Waals surface area (Å²) in [6.07, 6.45) is 6.73. The number of hydrogen-bond acceptors (Lipinski definition) is 3. The van der Waals surface area contributed by atoms with Crippen molar-refractivity contribution >= 4 is 17.5 Å². The van der Waals surface area contributed by atoms with Gasteiger partial charge in [-0.3, -0.25) is 19.2 Å². The van der Waals surface area contributed by atoms with Gasteiger partial charge in [-0.2, -0.15) is 5.10 Å².